The molecule has 4 aromatic carbocycles. The van der Waals surface area contributed by atoms with Gasteiger partial charge >= 0.3 is 0 Å². The first-order valence-corrected chi connectivity index (χ1v) is 15.8. The van der Waals surface area contributed by atoms with Crippen molar-refractivity contribution in [3.8, 4) is 5.75 Å². The van der Waals surface area contributed by atoms with E-state index < -0.39 is 34.5 Å². The molecule has 0 saturated carbocycles. The van der Waals surface area contributed by atoms with Crippen LogP contribution in [0, 0.1) is 0 Å². The number of halogens is 3. The molecule has 0 fully saturated rings. The van der Waals surface area contributed by atoms with Gasteiger partial charge in [0.05, 0.1) is 23.7 Å². The Kier molecular flexibility index (Phi) is 9.59. The van der Waals surface area contributed by atoms with Gasteiger partial charge in [-0.1, -0.05) is 83.3 Å². The molecule has 1 heterocycles. The predicted octanol–water partition coefficient (Wildman–Crippen LogP) is 5.95. The molecule has 1 N–H and O–H groups in total. The normalized spacial score (nSPS) is 14.6. The lowest BCUT2D eigenvalue weighted by atomic mass is 10.1. The number of nitrogens with one attached hydrogen (secondary N) is 1. The molecule has 0 saturated heterocycles. The topological polar surface area (TPSA) is 96.0 Å². The monoisotopic (exact) mass is 657 g/mol. The van der Waals surface area contributed by atoms with Gasteiger partial charge in [-0.2, -0.15) is 4.31 Å². The SMILES string of the molecule is O=C(NCc1ccccc1)[C@H]1CN(C(=O)CN(Cc2c(Cl)cccc2Cl)S(=O)(=O)c2ccc(Cl)cc2)c2ccccc2O1. The molecule has 2 amide bonds. The molecule has 0 spiro atoms. The maximum atomic E-state index is 14.0. The third-order valence-corrected chi connectivity index (χ3v) is 9.60. The van der Waals surface area contributed by atoms with Crippen LogP contribution in [-0.2, 0) is 32.7 Å². The molecule has 0 aliphatic carbocycles. The standard InChI is InChI=1S/C31H26Cl3N3O5S/c32-22-13-15-23(16-14-22)43(40,41)36(18-24-25(33)9-6-10-26(24)34)20-30(38)37-19-29(42-28-12-5-4-11-27(28)37)31(39)35-17-21-7-2-1-3-8-21/h1-16,29H,17-20H2,(H,35,39)/t29-/m1/s1. The van der Waals surface area contributed by atoms with Gasteiger partial charge in [-0.3, -0.25) is 9.59 Å². The van der Waals surface area contributed by atoms with Crippen LogP contribution in [-0.4, -0.2) is 43.7 Å². The summed E-state index contributed by atoms with van der Waals surface area (Å²) in [6.07, 6.45) is -1.03. The van der Waals surface area contributed by atoms with Crippen molar-refractivity contribution in [3.05, 3.63) is 123 Å². The third kappa shape index (κ3) is 7.14. The molecular weight excluding hydrogens is 633 g/mol. The number of fused-ring (bicyclic) bond motifs is 1. The maximum Gasteiger partial charge on any atom is 0.263 e. The second kappa shape index (κ2) is 13.4. The molecule has 0 bridgehead atoms. The van der Waals surface area contributed by atoms with Gasteiger partial charge in [-0.05, 0) is 54.1 Å². The minimum absolute atomic E-state index is 0.0616. The molecule has 0 unspecified atom stereocenters. The maximum absolute atomic E-state index is 14.0. The molecule has 1 aliphatic rings. The van der Waals surface area contributed by atoms with E-state index in [0.29, 0.717) is 22.0 Å². The number of ether oxygens (including phenoxy) is 1. The van der Waals surface area contributed by atoms with Gasteiger partial charge in [0.1, 0.15) is 5.75 Å². The highest BCUT2D eigenvalue weighted by Crippen LogP contribution is 2.34. The Morgan fingerprint density at radius 3 is 2.21 bits per heavy atom. The Balaban J connectivity index is 1.43. The zero-order valence-corrected chi connectivity index (χ0v) is 25.7. The number of sulfonamides is 1. The number of hydrogen-bond acceptors (Lipinski definition) is 5. The molecule has 0 aromatic heterocycles. The summed E-state index contributed by atoms with van der Waals surface area (Å²) in [4.78, 5) is 28.4. The Hall–Kier alpha value is -3.60. The van der Waals surface area contributed by atoms with Crippen LogP contribution in [0.2, 0.25) is 15.1 Å². The number of rotatable bonds is 9. The number of benzene rings is 4. The van der Waals surface area contributed by atoms with E-state index in [1.807, 2.05) is 30.3 Å². The van der Waals surface area contributed by atoms with E-state index in [0.717, 1.165) is 9.87 Å². The van der Waals surface area contributed by atoms with Crippen LogP contribution in [0.25, 0.3) is 0 Å². The zero-order chi connectivity index (χ0) is 30.6. The van der Waals surface area contributed by atoms with Gasteiger partial charge in [0.15, 0.2) is 6.10 Å². The van der Waals surface area contributed by atoms with Crippen molar-refractivity contribution in [2.24, 2.45) is 0 Å². The van der Waals surface area contributed by atoms with E-state index in [1.54, 1.807) is 42.5 Å². The summed E-state index contributed by atoms with van der Waals surface area (Å²) in [6, 6.07) is 26.6. The molecule has 12 heteroatoms. The second-order valence-electron chi connectivity index (χ2n) is 9.71. The lowest BCUT2D eigenvalue weighted by Gasteiger charge is -2.35. The van der Waals surface area contributed by atoms with E-state index in [-0.39, 0.29) is 34.6 Å². The molecule has 0 radical (unpaired) electrons. The van der Waals surface area contributed by atoms with Crippen LogP contribution >= 0.6 is 34.8 Å². The fourth-order valence-corrected chi connectivity index (χ4v) is 6.58. The van der Waals surface area contributed by atoms with Crippen LogP contribution < -0.4 is 15.0 Å². The van der Waals surface area contributed by atoms with Crippen LogP contribution in [0.4, 0.5) is 5.69 Å². The summed E-state index contributed by atoms with van der Waals surface area (Å²) in [5.41, 5.74) is 1.66. The van der Waals surface area contributed by atoms with Crippen molar-refractivity contribution >= 4 is 62.3 Å². The van der Waals surface area contributed by atoms with Crippen LogP contribution in [0.5, 0.6) is 5.75 Å². The molecular formula is C31H26Cl3N3O5S. The van der Waals surface area contributed by atoms with Crippen molar-refractivity contribution in [1.82, 2.24) is 9.62 Å². The molecule has 4 aromatic rings. The Labute approximate surface area is 264 Å². The second-order valence-corrected chi connectivity index (χ2v) is 12.9. The number of anilines is 1. The number of carbonyl (C=O) groups is 2. The summed E-state index contributed by atoms with van der Waals surface area (Å²) in [7, 11) is -4.23. The lowest BCUT2D eigenvalue weighted by Crippen LogP contribution is -2.52. The summed E-state index contributed by atoms with van der Waals surface area (Å²) < 4.78 is 34.7. The van der Waals surface area contributed by atoms with E-state index in [1.165, 1.54) is 29.2 Å². The van der Waals surface area contributed by atoms with Gasteiger partial charge in [0.25, 0.3) is 5.91 Å². The number of hydrogen-bond donors (Lipinski definition) is 1. The average Bonchev–Trinajstić information content (AvgIpc) is 3.01. The van der Waals surface area contributed by atoms with Crippen molar-refractivity contribution in [1.29, 1.82) is 0 Å². The number of nitrogens with zero attached hydrogens (tertiary/aromatic N) is 2. The first-order valence-electron chi connectivity index (χ1n) is 13.2. The highest BCUT2D eigenvalue weighted by atomic mass is 35.5. The Bertz CT molecular complexity index is 1720. The van der Waals surface area contributed by atoms with Crippen LogP contribution in [0.1, 0.15) is 11.1 Å². The van der Waals surface area contributed by atoms with Gasteiger partial charge < -0.3 is 15.0 Å². The smallest absolute Gasteiger partial charge is 0.263 e. The third-order valence-electron chi connectivity index (χ3n) is 6.84. The molecule has 5 rings (SSSR count). The molecule has 1 aliphatic heterocycles. The Morgan fingerprint density at radius 1 is 0.860 bits per heavy atom. The fraction of sp³-hybridized carbons (Fsp3) is 0.161. The van der Waals surface area contributed by atoms with Crippen LogP contribution in [0.3, 0.4) is 0 Å². The largest absolute Gasteiger partial charge is 0.477 e. The minimum Gasteiger partial charge on any atom is -0.477 e. The van der Waals surface area contributed by atoms with E-state index in [9.17, 15) is 18.0 Å². The van der Waals surface area contributed by atoms with Gasteiger partial charge in [-0.25, -0.2) is 8.42 Å². The highest BCUT2D eigenvalue weighted by molar-refractivity contribution is 7.89. The average molecular weight is 659 g/mol. The van der Waals surface area contributed by atoms with Gasteiger partial charge in [0, 0.05) is 33.7 Å². The summed E-state index contributed by atoms with van der Waals surface area (Å²) >= 11 is 18.8. The van der Waals surface area contributed by atoms with Crippen molar-refractivity contribution in [3.63, 3.8) is 0 Å². The summed E-state index contributed by atoms with van der Waals surface area (Å²) in [5.74, 6) is -0.662. The minimum atomic E-state index is -4.23. The quantitative estimate of drug-likeness (QED) is 0.240. The van der Waals surface area contributed by atoms with E-state index in [2.05, 4.69) is 5.32 Å². The molecule has 43 heavy (non-hydrogen) atoms. The first-order chi connectivity index (χ1) is 20.6. The fourth-order valence-electron chi connectivity index (χ4n) is 4.58. The van der Waals surface area contributed by atoms with Crippen molar-refractivity contribution in [2.75, 3.05) is 18.0 Å². The Morgan fingerprint density at radius 2 is 1.51 bits per heavy atom. The van der Waals surface area contributed by atoms with Gasteiger partial charge in [0.2, 0.25) is 15.9 Å². The number of para-hydroxylation sites is 2. The van der Waals surface area contributed by atoms with E-state index >= 15 is 0 Å². The van der Waals surface area contributed by atoms with Crippen molar-refractivity contribution < 1.29 is 22.7 Å². The zero-order valence-electron chi connectivity index (χ0n) is 22.6. The highest BCUT2D eigenvalue weighted by Gasteiger charge is 2.36. The van der Waals surface area contributed by atoms with Crippen LogP contribution in [0.15, 0.2) is 102 Å². The first kappa shape index (κ1) is 30.8. The number of carbonyl (C=O) groups excluding carboxylic acids is 2. The summed E-state index contributed by atoms with van der Waals surface area (Å²) in [6.45, 7) is -0.694. The van der Waals surface area contributed by atoms with E-state index in [4.69, 9.17) is 39.5 Å². The number of amides is 2. The predicted molar refractivity (Wildman–Crippen MR) is 167 cm³/mol. The lowest BCUT2D eigenvalue weighted by molar-refractivity contribution is -0.128. The van der Waals surface area contributed by atoms with Gasteiger partial charge in [-0.15, -0.1) is 0 Å². The molecule has 8 nitrogen and oxygen atoms in total. The summed E-state index contributed by atoms with van der Waals surface area (Å²) in [5, 5.41) is 3.71. The van der Waals surface area contributed by atoms with Crippen molar-refractivity contribution in [2.45, 2.75) is 24.1 Å². The molecule has 1 atom stereocenters. The molecule has 222 valence electrons.